The molecule has 40 valence electrons. The quantitative estimate of drug-likeness (QED) is 0.423. The SMILES string of the molecule is S=C=Nc1ccoc1. The van der Waals surface area contributed by atoms with E-state index in [0.29, 0.717) is 5.69 Å². The molecule has 0 N–H and O–H groups in total. The number of rotatable bonds is 1. The Bertz CT molecular complexity index is 198. The largest absolute Gasteiger partial charge is 0.470 e. The van der Waals surface area contributed by atoms with Crippen LogP contribution in [0.1, 0.15) is 0 Å². The Morgan fingerprint density at radius 2 is 2.62 bits per heavy atom. The summed E-state index contributed by atoms with van der Waals surface area (Å²) >= 11 is 4.34. The van der Waals surface area contributed by atoms with Gasteiger partial charge in [-0.1, -0.05) is 0 Å². The molecule has 0 aromatic carbocycles. The van der Waals surface area contributed by atoms with Crippen LogP contribution in [0.15, 0.2) is 28.0 Å². The van der Waals surface area contributed by atoms with E-state index in [2.05, 4.69) is 26.8 Å². The zero-order valence-electron chi connectivity index (χ0n) is 4.00. The lowest BCUT2D eigenvalue weighted by atomic mass is 10.6. The number of thiocarbonyl (C=S) groups is 1. The fraction of sp³-hybridized carbons (Fsp3) is 0. The summed E-state index contributed by atoms with van der Waals surface area (Å²) in [5.74, 6) is 0. The topological polar surface area (TPSA) is 25.5 Å². The van der Waals surface area contributed by atoms with Gasteiger partial charge in [0, 0.05) is 6.07 Å². The van der Waals surface area contributed by atoms with Crippen LogP contribution in [0.4, 0.5) is 5.69 Å². The zero-order chi connectivity index (χ0) is 5.82. The second-order valence-electron chi connectivity index (χ2n) is 1.18. The molecule has 3 heteroatoms. The number of isothiocyanates is 1. The second-order valence-corrected chi connectivity index (χ2v) is 1.37. The first kappa shape index (κ1) is 5.22. The highest BCUT2D eigenvalue weighted by Crippen LogP contribution is 2.08. The molecule has 1 heterocycles. The smallest absolute Gasteiger partial charge is 0.117 e. The lowest BCUT2D eigenvalue weighted by Crippen LogP contribution is -1.45. The van der Waals surface area contributed by atoms with Crippen molar-refractivity contribution < 1.29 is 4.42 Å². The fourth-order valence-corrected chi connectivity index (χ4v) is 0.479. The van der Waals surface area contributed by atoms with Crippen molar-refractivity contribution in [2.24, 2.45) is 4.99 Å². The Balaban J connectivity index is 2.93. The first-order chi connectivity index (χ1) is 3.93. The molecule has 0 aliphatic heterocycles. The molecule has 8 heavy (non-hydrogen) atoms. The molecular weight excluding hydrogens is 122 g/mol. The average molecular weight is 125 g/mol. The Morgan fingerprint density at radius 1 is 1.75 bits per heavy atom. The first-order valence-electron chi connectivity index (χ1n) is 2.03. The van der Waals surface area contributed by atoms with Gasteiger partial charge in [0.25, 0.3) is 0 Å². The first-order valence-corrected chi connectivity index (χ1v) is 2.44. The normalized spacial score (nSPS) is 8.00. The van der Waals surface area contributed by atoms with Gasteiger partial charge in [-0.2, -0.15) is 4.99 Å². The Kier molecular flexibility index (Phi) is 1.57. The minimum atomic E-state index is 0.708. The van der Waals surface area contributed by atoms with Crippen LogP contribution in [0, 0.1) is 0 Å². The minimum Gasteiger partial charge on any atom is -0.470 e. The number of nitrogens with zero attached hydrogens (tertiary/aromatic N) is 1. The third-order valence-corrected chi connectivity index (χ3v) is 0.772. The summed E-state index contributed by atoms with van der Waals surface area (Å²) < 4.78 is 4.69. The summed E-state index contributed by atoms with van der Waals surface area (Å²) in [7, 11) is 0. The molecule has 0 spiro atoms. The number of aliphatic imine (C=N–C) groups is 1. The van der Waals surface area contributed by atoms with Crippen molar-refractivity contribution in [1.29, 1.82) is 0 Å². The molecule has 0 amide bonds. The molecule has 1 aromatic rings. The molecule has 0 radical (unpaired) electrons. The van der Waals surface area contributed by atoms with E-state index >= 15 is 0 Å². The van der Waals surface area contributed by atoms with Gasteiger partial charge in [0.05, 0.1) is 11.4 Å². The van der Waals surface area contributed by atoms with Crippen LogP contribution in [0.25, 0.3) is 0 Å². The maximum absolute atomic E-state index is 4.69. The third kappa shape index (κ3) is 1.03. The van der Waals surface area contributed by atoms with E-state index in [1.807, 2.05) is 0 Å². The van der Waals surface area contributed by atoms with E-state index in [1.165, 1.54) is 12.5 Å². The van der Waals surface area contributed by atoms with E-state index in [1.54, 1.807) is 6.07 Å². The van der Waals surface area contributed by atoms with Crippen LogP contribution < -0.4 is 0 Å². The van der Waals surface area contributed by atoms with Crippen LogP contribution in [0.2, 0.25) is 0 Å². The van der Waals surface area contributed by atoms with Crippen LogP contribution in [-0.4, -0.2) is 5.16 Å². The lowest BCUT2D eigenvalue weighted by Gasteiger charge is -1.68. The maximum atomic E-state index is 4.69. The van der Waals surface area contributed by atoms with Crippen LogP contribution in [-0.2, 0) is 0 Å². The molecule has 1 aromatic heterocycles. The van der Waals surface area contributed by atoms with Gasteiger partial charge < -0.3 is 4.42 Å². The molecule has 0 unspecified atom stereocenters. The van der Waals surface area contributed by atoms with E-state index < -0.39 is 0 Å². The van der Waals surface area contributed by atoms with Gasteiger partial charge in [0.2, 0.25) is 0 Å². The van der Waals surface area contributed by atoms with E-state index in [0.717, 1.165) is 0 Å². The van der Waals surface area contributed by atoms with Crippen LogP contribution >= 0.6 is 12.2 Å². The monoisotopic (exact) mass is 125 g/mol. The van der Waals surface area contributed by atoms with Gasteiger partial charge in [-0.05, 0) is 12.2 Å². The zero-order valence-corrected chi connectivity index (χ0v) is 4.81. The molecule has 1 rings (SSSR count). The maximum Gasteiger partial charge on any atom is 0.117 e. The molecule has 0 aliphatic rings. The molecular formula is C5H3NOS. The van der Waals surface area contributed by atoms with Gasteiger partial charge >= 0.3 is 0 Å². The van der Waals surface area contributed by atoms with Gasteiger partial charge in [0.15, 0.2) is 0 Å². The Labute approximate surface area is 51.8 Å². The Hall–Kier alpha value is -0.920. The van der Waals surface area contributed by atoms with Gasteiger partial charge in [-0.15, -0.1) is 0 Å². The predicted molar refractivity (Wildman–Crippen MR) is 33.4 cm³/mol. The highest BCUT2D eigenvalue weighted by Gasteiger charge is 1.83. The van der Waals surface area contributed by atoms with E-state index in [9.17, 15) is 0 Å². The molecule has 0 saturated heterocycles. The summed E-state index contributed by atoms with van der Waals surface area (Å²) in [6.07, 6.45) is 3.03. The highest BCUT2D eigenvalue weighted by molar-refractivity contribution is 7.78. The summed E-state index contributed by atoms with van der Waals surface area (Å²) in [5, 5.41) is 2.22. The summed E-state index contributed by atoms with van der Waals surface area (Å²) in [5.41, 5.74) is 0.708. The number of hydrogen-bond donors (Lipinski definition) is 0. The molecule has 0 saturated carbocycles. The molecule has 0 bridgehead atoms. The standard InChI is InChI=1S/C5H3NOS/c8-4-6-5-1-2-7-3-5/h1-3H. The molecule has 0 aliphatic carbocycles. The summed E-state index contributed by atoms with van der Waals surface area (Å²) in [6, 6.07) is 1.71. The second kappa shape index (κ2) is 2.40. The third-order valence-electron chi connectivity index (χ3n) is 0.681. The van der Waals surface area contributed by atoms with E-state index in [4.69, 9.17) is 0 Å². The summed E-state index contributed by atoms with van der Waals surface area (Å²) in [6.45, 7) is 0. The van der Waals surface area contributed by atoms with Crippen molar-refractivity contribution in [2.45, 2.75) is 0 Å². The predicted octanol–water partition coefficient (Wildman–Crippen LogP) is 2.01. The number of hydrogen-bond acceptors (Lipinski definition) is 3. The van der Waals surface area contributed by atoms with Gasteiger partial charge in [-0.25, -0.2) is 0 Å². The molecule has 0 fully saturated rings. The van der Waals surface area contributed by atoms with Crippen molar-refractivity contribution in [3.63, 3.8) is 0 Å². The molecule has 2 nitrogen and oxygen atoms in total. The van der Waals surface area contributed by atoms with Crippen molar-refractivity contribution in [1.82, 2.24) is 0 Å². The average Bonchev–Trinajstić information content (AvgIpc) is 2.19. The minimum absolute atomic E-state index is 0.708. The van der Waals surface area contributed by atoms with Crippen molar-refractivity contribution >= 4 is 23.1 Å². The van der Waals surface area contributed by atoms with Gasteiger partial charge in [0.1, 0.15) is 12.0 Å². The van der Waals surface area contributed by atoms with Crippen molar-refractivity contribution in [3.05, 3.63) is 18.6 Å². The van der Waals surface area contributed by atoms with Crippen molar-refractivity contribution in [3.8, 4) is 0 Å². The lowest BCUT2D eigenvalue weighted by molar-refractivity contribution is 0.568. The number of furan rings is 1. The highest BCUT2D eigenvalue weighted by atomic mass is 32.1. The van der Waals surface area contributed by atoms with Crippen LogP contribution in [0.3, 0.4) is 0 Å². The Morgan fingerprint density at radius 3 is 3.12 bits per heavy atom. The van der Waals surface area contributed by atoms with Gasteiger partial charge in [-0.3, -0.25) is 0 Å². The summed E-state index contributed by atoms with van der Waals surface area (Å²) in [4.78, 5) is 3.64. The fourth-order valence-electron chi connectivity index (χ4n) is 0.374. The van der Waals surface area contributed by atoms with Crippen molar-refractivity contribution in [2.75, 3.05) is 0 Å². The molecule has 0 atom stereocenters. The van der Waals surface area contributed by atoms with E-state index in [-0.39, 0.29) is 0 Å². The van der Waals surface area contributed by atoms with Crippen LogP contribution in [0.5, 0.6) is 0 Å².